The lowest BCUT2D eigenvalue weighted by Gasteiger charge is -2.31. The van der Waals surface area contributed by atoms with Crippen LogP contribution in [0.4, 0.5) is 0 Å². The molecule has 0 spiro atoms. The van der Waals surface area contributed by atoms with Gasteiger partial charge in [-0.1, -0.05) is 12.1 Å². The van der Waals surface area contributed by atoms with E-state index >= 15 is 0 Å². The first-order valence-electron chi connectivity index (χ1n) is 7.75. The number of hydrogen-bond acceptors (Lipinski definition) is 4. The lowest BCUT2D eigenvalue weighted by molar-refractivity contribution is 0.203. The van der Waals surface area contributed by atoms with Gasteiger partial charge in [0.05, 0.1) is 11.6 Å². The van der Waals surface area contributed by atoms with Crippen molar-refractivity contribution < 1.29 is 0 Å². The Morgan fingerprint density at radius 3 is 2.55 bits per heavy atom. The number of nitrogens with zero attached hydrogens (tertiary/aromatic N) is 4. The average Bonchev–Trinajstić information content (AvgIpc) is 2.56. The van der Waals surface area contributed by atoms with Crippen molar-refractivity contribution in [1.29, 1.82) is 5.26 Å². The highest BCUT2D eigenvalue weighted by atomic mass is 15.1. The zero-order valence-corrected chi connectivity index (χ0v) is 12.9. The number of nitriles is 1. The Balaban J connectivity index is 1.56. The third kappa shape index (κ3) is 3.49. The summed E-state index contributed by atoms with van der Waals surface area (Å²) in [5.74, 6) is 1.41. The molecule has 0 atom stereocenters. The van der Waals surface area contributed by atoms with Gasteiger partial charge in [0.1, 0.15) is 5.82 Å². The molecule has 0 N–H and O–H groups in total. The van der Waals surface area contributed by atoms with Crippen LogP contribution >= 0.6 is 0 Å². The van der Waals surface area contributed by atoms with Crippen LogP contribution in [-0.2, 0) is 6.54 Å². The van der Waals surface area contributed by atoms with Crippen LogP contribution in [0.15, 0.2) is 36.5 Å². The van der Waals surface area contributed by atoms with Crippen LogP contribution < -0.4 is 0 Å². The third-order valence-corrected chi connectivity index (χ3v) is 4.29. The number of rotatable bonds is 3. The molecule has 2 heterocycles. The molecule has 0 amide bonds. The smallest absolute Gasteiger partial charge is 0.125 e. The molecule has 1 fully saturated rings. The van der Waals surface area contributed by atoms with Crippen molar-refractivity contribution in [2.24, 2.45) is 0 Å². The summed E-state index contributed by atoms with van der Waals surface area (Å²) in [6.45, 7) is 5.09. The second-order valence-corrected chi connectivity index (χ2v) is 5.89. The van der Waals surface area contributed by atoms with E-state index in [1.165, 1.54) is 11.3 Å². The normalized spacial score (nSPS) is 16.4. The molecule has 1 aromatic carbocycles. The Kier molecular flexibility index (Phi) is 4.45. The van der Waals surface area contributed by atoms with Crippen molar-refractivity contribution in [2.45, 2.75) is 32.2 Å². The molecular formula is C18H20N4. The SMILES string of the molecule is Cc1nccc(C2CCN(Cc3ccc(C#N)cc3)CC2)n1. The Morgan fingerprint density at radius 2 is 1.91 bits per heavy atom. The Bertz CT molecular complexity index is 664. The van der Waals surface area contributed by atoms with Crippen LogP contribution in [0.2, 0.25) is 0 Å². The molecule has 0 bridgehead atoms. The molecule has 2 aromatic rings. The van der Waals surface area contributed by atoms with Crippen molar-refractivity contribution in [1.82, 2.24) is 14.9 Å². The van der Waals surface area contributed by atoms with E-state index in [9.17, 15) is 0 Å². The molecule has 3 rings (SSSR count). The van der Waals surface area contributed by atoms with Gasteiger partial charge in [-0.05, 0) is 56.6 Å². The number of likely N-dealkylation sites (tertiary alicyclic amines) is 1. The fourth-order valence-electron chi connectivity index (χ4n) is 3.03. The van der Waals surface area contributed by atoms with Gasteiger partial charge in [-0.3, -0.25) is 4.90 Å². The summed E-state index contributed by atoms with van der Waals surface area (Å²) in [6, 6.07) is 12.1. The summed E-state index contributed by atoms with van der Waals surface area (Å²) in [5, 5.41) is 8.84. The summed E-state index contributed by atoms with van der Waals surface area (Å²) in [6.07, 6.45) is 4.15. The first kappa shape index (κ1) is 14.7. The maximum Gasteiger partial charge on any atom is 0.125 e. The van der Waals surface area contributed by atoms with Gasteiger partial charge in [-0.25, -0.2) is 9.97 Å². The fourth-order valence-corrected chi connectivity index (χ4v) is 3.03. The van der Waals surface area contributed by atoms with E-state index in [1.54, 1.807) is 0 Å². The molecule has 4 nitrogen and oxygen atoms in total. The molecule has 0 aliphatic carbocycles. The van der Waals surface area contributed by atoms with Gasteiger partial charge in [-0.15, -0.1) is 0 Å². The maximum atomic E-state index is 8.84. The maximum absolute atomic E-state index is 8.84. The summed E-state index contributed by atoms with van der Waals surface area (Å²) in [4.78, 5) is 11.2. The fraction of sp³-hybridized carbons (Fsp3) is 0.389. The van der Waals surface area contributed by atoms with Gasteiger partial charge >= 0.3 is 0 Å². The number of piperidine rings is 1. The molecular weight excluding hydrogens is 272 g/mol. The van der Waals surface area contributed by atoms with Crippen LogP contribution in [0.5, 0.6) is 0 Å². The van der Waals surface area contributed by atoms with E-state index in [2.05, 4.69) is 33.1 Å². The monoisotopic (exact) mass is 292 g/mol. The molecule has 0 radical (unpaired) electrons. The molecule has 1 aliphatic rings. The number of aromatic nitrogens is 2. The van der Waals surface area contributed by atoms with Gasteiger partial charge in [0.25, 0.3) is 0 Å². The Morgan fingerprint density at radius 1 is 1.18 bits per heavy atom. The molecule has 0 unspecified atom stereocenters. The Hall–Kier alpha value is -2.25. The minimum absolute atomic E-state index is 0.555. The predicted octanol–water partition coefficient (Wildman–Crippen LogP) is 3.04. The molecule has 0 saturated carbocycles. The first-order chi connectivity index (χ1) is 10.7. The highest BCUT2D eigenvalue weighted by molar-refractivity contribution is 5.31. The van der Waals surface area contributed by atoms with Gasteiger partial charge in [-0.2, -0.15) is 5.26 Å². The van der Waals surface area contributed by atoms with Crippen LogP contribution in [0, 0.1) is 18.3 Å². The van der Waals surface area contributed by atoms with Crippen molar-refractivity contribution in [3.8, 4) is 6.07 Å². The highest BCUT2D eigenvalue weighted by Crippen LogP contribution is 2.27. The van der Waals surface area contributed by atoms with Crippen LogP contribution in [0.1, 0.15) is 41.4 Å². The number of benzene rings is 1. The van der Waals surface area contributed by atoms with E-state index < -0.39 is 0 Å². The molecule has 1 aliphatic heterocycles. The van der Waals surface area contributed by atoms with Crippen LogP contribution in [-0.4, -0.2) is 28.0 Å². The lowest BCUT2D eigenvalue weighted by atomic mass is 9.93. The summed E-state index contributed by atoms with van der Waals surface area (Å²) < 4.78 is 0. The van der Waals surface area contributed by atoms with E-state index in [4.69, 9.17) is 5.26 Å². The summed E-state index contributed by atoms with van der Waals surface area (Å²) in [7, 11) is 0. The number of aryl methyl sites for hydroxylation is 1. The average molecular weight is 292 g/mol. The summed E-state index contributed by atoms with van der Waals surface area (Å²) in [5.41, 5.74) is 3.18. The van der Waals surface area contributed by atoms with E-state index in [-0.39, 0.29) is 0 Å². The van der Waals surface area contributed by atoms with Crippen molar-refractivity contribution in [3.05, 3.63) is 59.2 Å². The van der Waals surface area contributed by atoms with Crippen molar-refractivity contribution in [2.75, 3.05) is 13.1 Å². The van der Waals surface area contributed by atoms with E-state index in [0.29, 0.717) is 5.92 Å². The van der Waals surface area contributed by atoms with Crippen LogP contribution in [0.25, 0.3) is 0 Å². The van der Waals surface area contributed by atoms with E-state index in [0.717, 1.165) is 43.9 Å². The molecule has 4 heteroatoms. The van der Waals surface area contributed by atoms with Gasteiger partial charge in [0, 0.05) is 24.4 Å². The second kappa shape index (κ2) is 6.67. The quantitative estimate of drug-likeness (QED) is 0.872. The first-order valence-corrected chi connectivity index (χ1v) is 7.75. The van der Waals surface area contributed by atoms with Gasteiger partial charge in [0.15, 0.2) is 0 Å². The van der Waals surface area contributed by atoms with Crippen molar-refractivity contribution in [3.63, 3.8) is 0 Å². The van der Waals surface area contributed by atoms with Gasteiger partial charge in [0.2, 0.25) is 0 Å². The molecule has 1 aromatic heterocycles. The zero-order valence-electron chi connectivity index (χ0n) is 12.9. The summed E-state index contributed by atoms with van der Waals surface area (Å²) >= 11 is 0. The third-order valence-electron chi connectivity index (χ3n) is 4.29. The van der Waals surface area contributed by atoms with Crippen LogP contribution in [0.3, 0.4) is 0 Å². The molecule has 112 valence electrons. The van der Waals surface area contributed by atoms with Crippen molar-refractivity contribution >= 4 is 0 Å². The predicted molar refractivity (Wildman–Crippen MR) is 85.2 cm³/mol. The second-order valence-electron chi connectivity index (χ2n) is 5.89. The minimum atomic E-state index is 0.555. The minimum Gasteiger partial charge on any atom is -0.299 e. The van der Waals surface area contributed by atoms with Gasteiger partial charge < -0.3 is 0 Å². The molecule has 1 saturated heterocycles. The largest absolute Gasteiger partial charge is 0.299 e. The lowest BCUT2D eigenvalue weighted by Crippen LogP contribution is -2.32. The Labute approximate surface area is 131 Å². The topological polar surface area (TPSA) is 52.8 Å². The zero-order chi connectivity index (χ0) is 15.4. The number of hydrogen-bond donors (Lipinski definition) is 0. The standard InChI is InChI=1S/C18H20N4/c1-14-20-9-6-18(21-14)17-7-10-22(11-8-17)13-16-4-2-15(12-19)3-5-16/h2-6,9,17H,7-8,10-11,13H2,1H3. The highest BCUT2D eigenvalue weighted by Gasteiger charge is 2.21. The van der Waals surface area contributed by atoms with E-state index in [1.807, 2.05) is 31.3 Å². The molecule has 22 heavy (non-hydrogen) atoms.